The summed E-state index contributed by atoms with van der Waals surface area (Å²) in [5.74, 6) is 0.0266. The number of nitrogens with one attached hydrogen (secondary N) is 2. The van der Waals surface area contributed by atoms with Crippen LogP contribution in [0.3, 0.4) is 0 Å². The molecule has 0 aromatic rings. The Hall–Kier alpha value is -0.220. The molecule has 4 heteroatoms. The highest BCUT2D eigenvalue weighted by atomic mass is 32.2. The van der Waals surface area contributed by atoms with Crippen molar-refractivity contribution in [3.8, 4) is 0 Å². The third kappa shape index (κ3) is 6.49. The summed E-state index contributed by atoms with van der Waals surface area (Å²) in [6.45, 7) is 7.27. The highest BCUT2D eigenvalue weighted by molar-refractivity contribution is 7.99. The molecule has 0 aliphatic heterocycles. The van der Waals surface area contributed by atoms with Crippen LogP contribution in [0.4, 0.5) is 0 Å². The molecule has 0 spiro atoms. The minimum Gasteiger partial charge on any atom is -0.355 e. The second-order valence-electron chi connectivity index (χ2n) is 3.12. The van der Waals surface area contributed by atoms with E-state index in [-0.39, 0.29) is 10.8 Å². The summed E-state index contributed by atoms with van der Waals surface area (Å²) in [4.78, 5) is 10.6. The lowest BCUT2D eigenvalue weighted by Gasteiger charge is -2.23. The summed E-state index contributed by atoms with van der Waals surface area (Å²) < 4.78 is 0. The normalized spacial score (nSPS) is 11.3. The Morgan fingerprint density at radius 3 is 2.42 bits per heavy atom. The van der Waals surface area contributed by atoms with Crippen molar-refractivity contribution in [3.63, 3.8) is 0 Å². The lowest BCUT2D eigenvalue weighted by molar-refractivity contribution is -0.118. The maximum absolute atomic E-state index is 10.5. The number of thioether (sulfide) groups is 1. The second kappa shape index (κ2) is 5.43. The number of carbonyl (C=O) groups is 1. The Bertz CT molecular complexity index is 148. The first-order chi connectivity index (χ1) is 5.48. The van der Waals surface area contributed by atoms with E-state index in [1.165, 1.54) is 6.92 Å². The van der Waals surface area contributed by atoms with E-state index in [2.05, 4.69) is 30.7 Å². The smallest absolute Gasteiger partial charge is 0.216 e. The monoisotopic (exact) mass is 190 g/mol. The van der Waals surface area contributed by atoms with Gasteiger partial charge in [-0.05, 0) is 20.1 Å². The van der Waals surface area contributed by atoms with Crippen LogP contribution in [-0.4, -0.2) is 30.1 Å². The van der Waals surface area contributed by atoms with Gasteiger partial charge in [0.05, 0.1) is 4.87 Å². The van der Waals surface area contributed by atoms with Crippen LogP contribution in [0.1, 0.15) is 20.8 Å². The van der Waals surface area contributed by atoms with Gasteiger partial charge in [-0.1, -0.05) is 0 Å². The van der Waals surface area contributed by atoms with E-state index in [1.54, 1.807) is 11.8 Å². The molecule has 0 saturated heterocycles. The van der Waals surface area contributed by atoms with Crippen molar-refractivity contribution in [2.24, 2.45) is 0 Å². The van der Waals surface area contributed by atoms with Crippen molar-refractivity contribution in [1.29, 1.82) is 0 Å². The molecular weight excluding hydrogens is 172 g/mol. The van der Waals surface area contributed by atoms with Crippen LogP contribution in [0.2, 0.25) is 0 Å². The van der Waals surface area contributed by atoms with E-state index in [0.29, 0.717) is 6.54 Å². The van der Waals surface area contributed by atoms with E-state index in [9.17, 15) is 4.79 Å². The number of rotatable bonds is 5. The fraction of sp³-hybridized carbons (Fsp3) is 0.875. The van der Waals surface area contributed by atoms with Gasteiger partial charge in [0, 0.05) is 20.0 Å². The summed E-state index contributed by atoms with van der Waals surface area (Å²) in [5.41, 5.74) is 0. The van der Waals surface area contributed by atoms with Crippen molar-refractivity contribution >= 4 is 17.7 Å². The molecule has 0 atom stereocenters. The molecule has 0 heterocycles. The summed E-state index contributed by atoms with van der Waals surface area (Å²) >= 11 is 1.76. The minimum atomic E-state index is 0.0266. The SMILES string of the molecule is CSC(C)(C)NCCNC(C)=O. The molecule has 0 aromatic heterocycles. The Kier molecular flexibility index (Phi) is 5.33. The molecular formula is C8H18N2OS. The Balaban J connectivity index is 3.37. The average Bonchev–Trinajstić information content (AvgIpc) is 1.98. The summed E-state index contributed by atoms with van der Waals surface area (Å²) in [5, 5.41) is 6.04. The van der Waals surface area contributed by atoms with Crippen LogP contribution in [0.5, 0.6) is 0 Å². The lowest BCUT2D eigenvalue weighted by atomic mass is 10.4. The molecule has 0 saturated carbocycles. The molecule has 0 rings (SSSR count). The van der Waals surface area contributed by atoms with E-state index in [0.717, 1.165) is 6.54 Å². The zero-order chi connectivity index (χ0) is 9.61. The lowest BCUT2D eigenvalue weighted by Crippen LogP contribution is -2.40. The maximum Gasteiger partial charge on any atom is 0.216 e. The topological polar surface area (TPSA) is 41.1 Å². The van der Waals surface area contributed by atoms with Crippen molar-refractivity contribution < 1.29 is 4.79 Å². The molecule has 0 unspecified atom stereocenters. The molecule has 1 amide bonds. The van der Waals surface area contributed by atoms with E-state index >= 15 is 0 Å². The van der Waals surface area contributed by atoms with Gasteiger partial charge < -0.3 is 10.6 Å². The second-order valence-corrected chi connectivity index (χ2v) is 4.55. The van der Waals surface area contributed by atoms with E-state index in [1.807, 2.05) is 0 Å². The molecule has 2 N–H and O–H groups in total. The van der Waals surface area contributed by atoms with Crippen molar-refractivity contribution in [3.05, 3.63) is 0 Å². The zero-order valence-corrected chi connectivity index (χ0v) is 9.05. The quantitative estimate of drug-likeness (QED) is 0.498. The predicted octanol–water partition coefficient (Wildman–Crippen LogP) is 0.811. The van der Waals surface area contributed by atoms with Gasteiger partial charge in [-0.15, -0.1) is 11.8 Å². The maximum atomic E-state index is 10.5. The average molecular weight is 190 g/mol. The van der Waals surface area contributed by atoms with Crippen LogP contribution in [-0.2, 0) is 4.79 Å². The Morgan fingerprint density at radius 1 is 1.42 bits per heavy atom. The third-order valence-corrected chi connectivity index (χ3v) is 2.72. The van der Waals surface area contributed by atoms with Gasteiger partial charge >= 0.3 is 0 Å². The van der Waals surface area contributed by atoms with Crippen LogP contribution < -0.4 is 10.6 Å². The predicted molar refractivity (Wildman–Crippen MR) is 54.3 cm³/mol. The molecule has 3 nitrogen and oxygen atoms in total. The number of carbonyl (C=O) groups excluding carboxylic acids is 1. The molecule has 0 aliphatic rings. The highest BCUT2D eigenvalue weighted by Crippen LogP contribution is 2.15. The van der Waals surface area contributed by atoms with Crippen molar-refractivity contribution in [1.82, 2.24) is 10.6 Å². The summed E-state index contributed by atoms with van der Waals surface area (Å²) in [6.07, 6.45) is 2.06. The van der Waals surface area contributed by atoms with Crippen LogP contribution in [0.15, 0.2) is 0 Å². The van der Waals surface area contributed by atoms with Gasteiger partial charge in [0.15, 0.2) is 0 Å². The van der Waals surface area contributed by atoms with Crippen LogP contribution >= 0.6 is 11.8 Å². The number of amides is 1. The fourth-order valence-corrected chi connectivity index (χ4v) is 0.921. The zero-order valence-electron chi connectivity index (χ0n) is 8.23. The molecule has 12 heavy (non-hydrogen) atoms. The first kappa shape index (κ1) is 11.8. The standard InChI is InChI=1S/C8H18N2OS/c1-7(11)9-5-6-10-8(2,3)12-4/h10H,5-6H2,1-4H3,(H,9,11). The van der Waals surface area contributed by atoms with Gasteiger partial charge in [0.25, 0.3) is 0 Å². The molecule has 0 aliphatic carbocycles. The van der Waals surface area contributed by atoms with Gasteiger partial charge in [0.2, 0.25) is 5.91 Å². The summed E-state index contributed by atoms with van der Waals surface area (Å²) in [7, 11) is 0. The van der Waals surface area contributed by atoms with E-state index in [4.69, 9.17) is 0 Å². The first-order valence-electron chi connectivity index (χ1n) is 4.02. The van der Waals surface area contributed by atoms with Gasteiger partial charge in [-0.3, -0.25) is 4.79 Å². The van der Waals surface area contributed by atoms with Crippen molar-refractivity contribution in [2.75, 3.05) is 19.3 Å². The summed E-state index contributed by atoms with van der Waals surface area (Å²) in [6, 6.07) is 0. The van der Waals surface area contributed by atoms with Gasteiger partial charge in [-0.25, -0.2) is 0 Å². The van der Waals surface area contributed by atoms with Gasteiger partial charge in [0.1, 0.15) is 0 Å². The first-order valence-corrected chi connectivity index (χ1v) is 5.25. The Morgan fingerprint density at radius 2 is 2.00 bits per heavy atom. The molecule has 0 aromatic carbocycles. The fourth-order valence-electron chi connectivity index (χ4n) is 0.674. The number of hydrogen-bond acceptors (Lipinski definition) is 3. The van der Waals surface area contributed by atoms with Crippen LogP contribution in [0, 0.1) is 0 Å². The van der Waals surface area contributed by atoms with Gasteiger partial charge in [-0.2, -0.15) is 0 Å². The molecule has 0 radical (unpaired) electrons. The molecule has 0 bridgehead atoms. The third-order valence-electron chi connectivity index (χ3n) is 1.56. The Labute approximate surface area is 78.7 Å². The minimum absolute atomic E-state index is 0.0266. The van der Waals surface area contributed by atoms with E-state index < -0.39 is 0 Å². The van der Waals surface area contributed by atoms with Crippen LogP contribution in [0.25, 0.3) is 0 Å². The molecule has 72 valence electrons. The van der Waals surface area contributed by atoms with Crippen molar-refractivity contribution in [2.45, 2.75) is 25.6 Å². The largest absolute Gasteiger partial charge is 0.355 e. The highest BCUT2D eigenvalue weighted by Gasteiger charge is 2.13. The number of hydrogen-bond donors (Lipinski definition) is 2. The molecule has 0 fully saturated rings.